The van der Waals surface area contributed by atoms with Crippen LogP contribution in [-0.4, -0.2) is 58.5 Å². The quantitative estimate of drug-likeness (QED) is 0.268. The van der Waals surface area contributed by atoms with Crippen molar-refractivity contribution in [1.29, 1.82) is 0 Å². The van der Waals surface area contributed by atoms with Crippen LogP contribution in [0.25, 0.3) is 0 Å². The standard InChI is InChI=1S/C10H16N2O8/c1-3-17-19-12(20-18-4-2)6-5-11(7-9(13)14)8-10(15)16/h3-4H,1-2,5-8H2,(H,13,14)(H,15,16). The predicted octanol–water partition coefficient (Wildman–Crippen LogP) is -0.227. The summed E-state index contributed by atoms with van der Waals surface area (Å²) in [5.74, 6) is -2.33. The van der Waals surface area contributed by atoms with Gasteiger partial charge in [0.05, 0.1) is 19.6 Å². The number of hydrogen-bond donors (Lipinski definition) is 2. The second kappa shape index (κ2) is 10.8. The van der Waals surface area contributed by atoms with Gasteiger partial charge in [-0.15, -0.1) is 0 Å². The van der Waals surface area contributed by atoms with E-state index in [0.717, 1.165) is 17.4 Å². The Hall–Kier alpha value is -2.14. The zero-order valence-electron chi connectivity index (χ0n) is 10.6. The van der Waals surface area contributed by atoms with E-state index in [4.69, 9.17) is 10.2 Å². The lowest BCUT2D eigenvalue weighted by Gasteiger charge is -2.21. The van der Waals surface area contributed by atoms with Crippen LogP contribution in [0, 0.1) is 0 Å². The van der Waals surface area contributed by atoms with Crippen LogP contribution in [0.3, 0.4) is 0 Å². The minimum Gasteiger partial charge on any atom is -0.480 e. The third-order valence-electron chi connectivity index (χ3n) is 1.70. The number of nitrogens with zero attached hydrogens (tertiary/aromatic N) is 2. The van der Waals surface area contributed by atoms with Crippen LogP contribution in [0.5, 0.6) is 0 Å². The zero-order chi connectivity index (χ0) is 15.4. The van der Waals surface area contributed by atoms with Crippen molar-refractivity contribution in [1.82, 2.24) is 10.1 Å². The second-order valence-electron chi connectivity index (χ2n) is 3.23. The lowest BCUT2D eigenvalue weighted by atomic mass is 10.4. The van der Waals surface area contributed by atoms with Crippen LogP contribution in [0.4, 0.5) is 0 Å². The summed E-state index contributed by atoms with van der Waals surface area (Å²) in [5, 5.41) is 18.0. The van der Waals surface area contributed by atoms with Gasteiger partial charge in [-0.25, -0.2) is 0 Å². The Morgan fingerprint density at radius 1 is 0.950 bits per heavy atom. The van der Waals surface area contributed by atoms with Gasteiger partial charge < -0.3 is 20.0 Å². The third kappa shape index (κ3) is 9.85. The van der Waals surface area contributed by atoms with Gasteiger partial charge in [0.1, 0.15) is 12.5 Å². The van der Waals surface area contributed by atoms with Crippen LogP contribution in [0.2, 0.25) is 0 Å². The number of hydroxylamine groups is 2. The topological polar surface area (TPSA) is 118 Å². The molecular formula is C10H16N2O8. The van der Waals surface area contributed by atoms with Crippen LogP contribution in [0.1, 0.15) is 0 Å². The molecule has 0 saturated carbocycles. The maximum Gasteiger partial charge on any atom is 0.317 e. The molecule has 0 aromatic carbocycles. The molecule has 0 aromatic rings. The van der Waals surface area contributed by atoms with Gasteiger partial charge in [-0.2, -0.15) is 0 Å². The molecule has 0 bridgehead atoms. The number of rotatable bonds is 13. The Bertz CT molecular complexity index is 307. The van der Waals surface area contributed by atoms with Crippen LogP contribution in [-0.2, 0) is 29.3 Å². The molecule has 0 amide bonds. The molecule has 0 fully saturated rings. The predicted molar refractivity (Wildman–Crippen MR) is 63.2 cm³/mol. The Balaban J connectivity index is 4.33. The molecule has 2 N–H and O–H groups in total. The lowest BCUT2D eigenvalue weighted by Crippen LogP contribution is -2.40. The van der Waals surface area contributed by atoms with Crippen LogP contribution in [0.15, 0.2) is 25.7 Å². The third-order valence-corrected chi connectivity index (χ3v) is 1.70. The van der Waals surface area contributed by atoms with Gasteiger partial charge >= 0.3 is 11.9 Å². The molecule has 20 heavy (non-hydrogen) atoms. The van der Waals surface area contributed by atoms with Crippen LogP contribution >= 0.6 is 0 Å². The molecule has 0 saturated heterocycles. The van der Waals surface area contributed by atoms with Gasteiger partial charge in [0.2, 0.25) is 0 Å². The van der Waals surface area contributed by atoms with Crippen LogP contribution < -0.4 is 0 Å². The van der Waals surface area contributed by atoms with E-state index < -0.39 is 25.0 Å². The number of carbonyl (C=O) groups is 2. The largest absolute Gasteiger partial charge is 0.480 e. The molecule has 0 spiro atoms. The highest BCUT2D eigenvalue weighted by atomic mass is 17.4. The molecule has 0 aromatic heterocycles. The maximum absolute atomic E-state index is 10.6. The second-order valence-corrected chi connectivity index (χ2v) is 3.23. The fourth-order valence-electron chi connectivity index (χ4n) is 1.06. The minimum atomic E-state index is -1.16. The molecule has 0 unspecified atom stereocenters. The van der Waals surface area contributed by atoms with Crippen molar-refractivity contribution in [2.24, 2.45) is 0 Å². The Morgan fingerprint density at radius 2 is 1.40 bits per heavy atom. The summed E-state index contributed by atoms with van der Waals surface area (Å²) in [6, 6.07) is 0. The Labute approximate surface area is 114 Å². The van der Waals surface area contributed by atoms with Crippen molar-refractivity contribution in [2.45, 2.75) is 0 Å². The molecule has 10 nitrogen and oxygen atoms in total. The van der Waals surface area contributed by atoms with Gasteiger partial charge in [-0.1, -0.05) is 23.1 Å². The Kier molecular flexibility index (Phi) is 9.60. The van der Waals surface area contributed by atoms with Crippen molar-refractivity contribution < 1.29 is 39.6 Å². The average molecular weight is 292 g/mol. The smallest absolute Gasteiger partial charge is 0.317 e. The molecule has 0 radical (unpaired) electrons. The fraction of sp³-hybridized carbons (Fsp3) is 0.400. The monoisotopic (exact) mass is 292 g/mol. The zero-order valence-corrected chi connectivity index (χ0v) is 10.6. The molecule has 0 heterocycles. The molecule has 0 aliphatic rings. The van der Waals surface area contributed by atoms with Crippen molar-refractivity contribution in [2.75, 3.05) is 26.2 Å². The van der Waals surface area contributed by atoms with Gasteiger partial charge in [0.25, 0.3) is 0 Å². The van der Waals surface area contributed by atoms with E-state index in [1.54, 1.807) is 0 Å². The number of hydrogen-bond acceptors (Lipinski definition) is 8. The van der Waals surface area contributed by atoms with E-state index in [1.807, 2.05) is 0 Å². The van der Waals surface area contributed by atoms with Gasteiger partial charge in [0, 0.05) is 11.8 Å². The van der Waals surface area contributed by atoms with E-state index in [2.05, 4.69) is 32.9 Å². The fourth-order valence-corrected chi connectivity index (χ4v) is 1.06. The number of aliphatic carboxylic acids is 2. The summed E-state index contributed by atoms with van der Waals surface area (Å²) in [6.45, 7) is 5.49. The minimum absolute atomic E-state index is 0.000391. The molecule has 114 valence electrons. The molecule has 0 aliphatic heterocycles. The van der Waals surface area contributed by atoms with Crippen molar-refractivity contribution in [3.63, 3.8) is 0 Å². The van der Waals surface area contributed by atoms with E-state index >= 15 is 0 Å². The van der Waals surface area contributed by atoms with Crippen molar-refractivity contribution in [3.05, 3.63) is 25.7 Å². The highest BCUT2D eigenvalue weighted by Crippen LogP contribution is 1.98. The lowest BCUT2D eigenvalue weighted by molar-refractivity contribution is -0.581. The first-order valence-corrected chi connectivity index (χ1v) is 5.31. The normalized spacial score (nSPS) is 10.3. The summed E-state index contributed by atoms with van der Waals surface area (Å²) < 4.78 is 0. The molecule has 0 atom stereocenters. The van der Waals surface area contributed by atoms with Crippen molar-refractivity contribution >= 4 is 11.9 Å². The number of carboxylic acids is 2. The average Bonchev–Trinajstić information content (AvgIpc) is 2.36. The molecular weight excluding hydrogens is 276 g/mol. The van der Waals surface area contributed by atoms with E-state index in [1.165, 1.54) is 0 Å². The number of carboxylic acid groups (broad SMARTS) is 2. The summed E-state index contributed by atoms with van der Waals surface area (Å²) in [4.78, 5) is 40.2. The van der Waals surface area contributed by atoms with E-state index in [9.17, 15) is 9.59 Å². The first-order chi connectivity index (χ1) is 9.49. The first kappa shape index (κ1) is 17.9. The SMILES string of the molecule is C=COON(CCN(CC(=O)O)CC(=O)O)OOC=C. The Morgan fingerprint density at radius 3 is 1.75 bits per heavy atom. The molecule has 10 heteroatoms. The van der Waals surface area contributed by atoms with Gasteiger partial charge in [-0.3, -0.25) is 14.5 Å². The summed E-state index contributed by atoms with van der Waals surface area (Å²) in [5.41, 5.74) is 0. The summed E-state index contributed by atoms with van der Waals surface area (Å²) >= 11 is 0. The maximum atomic E-state index is 10.6. The molecule has 0 rings (SSSR count). The van der Waals surface area contributed by atoms with Gasteiger partial charge in [-0.05, 0) is 0 Å². The summed E-state index contributed by atoms with van der Waals surface area (Å²) in [6.07, 6.45) is 1.94. The van der Waals surface area contributed by atoms with E-state index in [0.29, 0.717) is 5.23 Å². The highest BCUT2D eigenvalue weighted by Gasteiger charge is 2.17. The van der Waals surface area contributed by atoms with E-state index in [-0.39, 0.29) is 13.1 Å². The first-order valence-electron chi connectivity index (χ1n) is 5.31. The summed E-state index contributed by atoms with van der Waals surface area (Å²) in [7, 11) is 0. The van der Waals surface area contributed by atoms with Crippen molar-refractivity contribution in [3.8, 4) is 0 Å². The molecule has 0 aliphatic carbocycles. The highest BCUT2D eigenvalue weighted by molar-refractivity contribution is 5.72. The van der Waals surface area contributed by atoms with Gasteiger partial charge in [0.15, 0.2) is 0 Å².